The number of thioether (sulfide) groups is 1. The van der Waals surface area contributed by atoms with Crippen molar-refractivity contribution in [1.29, 1.82) is 0 Å². The number of hydrogen-bond donors (Lipinski definition) is 1. The molecule has 1 aromatic rings. The van der Waals surface area contributed by atoms with E-state index in [0.717, 1.165) is 10.8 Å². The molecule has 1 N–H and O–H groups in total. The smallest absolute Gasteiger partial charge is 0.319 e. The number of aromatic nitrogens is 2. The third kappa shape index (κ3) is 5.57. The van der Waals surface area contributed by atoms with Crippen LogP contribution in [0.3, 0.4) is 0 Å². The van der Waals surface area contributed by atoms with Gasteiger partial charge in [0.05, 0.1) is 0 Å². The van der Waals surface area contributed by atoms with Crippen molar-refractivity contribution >= 4 is 40.2 Å². The van der Waals surface area contributed by atoms with Crippen LogP contribution in [0.25, 0.3) is 0 Å². The largest absolute Gasteiger partial charge is 0.325 e. The molecule has 1 atom stereocenters. The van der Waals surface area contributed by atoms with E-state index >= 15 is 0 Å². The zero-order valence-electron chi connectivity index (χ0n) is 16.0. The Labute approximate surface area is 163 Å². The normalized spacial score (nSPS) is 16.4. The van der Waals surface area contributed by atoms with Crippen molar-refractivity contribution in [3.63, 3.8) is 0 Å². The molecule has 2 rings (SSSR count). The molecule has 0 bridgehead atoms. The van der Waals surface area contributed by atoms with Gasteiger partial charge in [-0.15, -0.1) is 10.2 Å². The molecule has 1 fully saturated rings. The van der Waals surface area contributed by atoms with E-state index in [4.69, 9.17) is 0 Å². The van der Waals surface area contributed by atoms with Gasteiger partial charge in [-0.05, 0) is 33.1 Å². The summed E-state index contributed by atoms with van der Waals surface area (Å²) < 4.78 is 0.884. The van der Waals surface area contributed by atoms with Gasteiger partial charge in [0.25, 0.3) is 0 Å². The second kappa shape index (κ2) is 10.1. The minimum atomic E-state index is -0.0784. The molecule has 2 heterocycles. The topological polar surface area (TPSA) is 78.4 Å². The molecule has 0 aliphatic carbocycles. The van der Waals surface area contributed by atoms with E-state index in [1.807, 2.05) is 23.6 Å². The summed E-state index contributed by atoms with van der Waals surface area (Å²) in [7, 11) is 0. The number of anilines is 1. The predicted octanol–water partition coefficient (Wildman–Crippen LogP) is 3.54. The number of likely N-dealkylation sites (tertiary alicyclic amines) is 1. The molecule has 0 radical (unpaired) electrons. The average molecular weight is 400 g/mol. The Morgan fingerprint density at radius 3 is 2.50 bits per heavy atom. The lowest BCUT2D eigenvalue weighted by Crippen LogP contribution is -2.47. The zero-order chi connectivity index (χ0) is 19.1. The zero-order valence-corrected chi connectivity index (χ0v) is 17.7. The highest BCUT2D eigenvalue weighted by molar-refractivity contribution is 8.01. The number of carbonyl (C=O) groups is 2. The van der Waals surface area contributed by atoms with Gasteiger partial charge in [0.15, 0.2) is 4.34 Å². The lowest BCUT2D eigenvalue weighted by molar-refractivity contribution is -0.121. The van der Waals surface area contributed by atoms with Gasteiger partial charge in [-0.2, -0.15) is 0 Å². The van der Waals surface area contributed by atoms with Crippen molar-refractivity contribution in [2.75, 3.05) is 31.5 Å². The summed E-state index contributed by atoms with van der Waals surface area (Å²) in [6.45, 7) is 10.9. The lowest BCUT2D eigenvalue weighted by atomic mass is 9.96. The molecule has 1 aliphatic heterocycles. The van der Waals surface area contributed by atoms with Crippen LogP contribution in [0.5, 0.6) is 0 Å². The molecule has 7 nitrogen and oxygen atoms in total. The van der Waals surface area contributed by atoms with Gasteiger partial charge in [-0.3, -0.25) is 4.79 Å². The molecular formula is C17H29N5O2S2. The van der Waals surface area contributed by atoms with Crippen molar-refractivity contribution in [3.8, 4) is 0 Å². The molecule has 146 valence electrons. The fraction of sp³-hybridized carbons (Fsp3) is 0.765. The van der Waals surface area contributed by atoms with E-state index in [9.17, 15) is 9.59 Å². The van der Waals surface area contributed by atoms with Crippen LogP contribution >= 0.6 is 23.1 Å². The highest BCUT2D eigenvalue weighted by atomic mass is 32.2. The lowest BCUT2D eigenvalue weighted by Gasteiger charge is -2.34. The van der Waals surface area contributed by atoms with Gasteiger partial charge in [-0.25, -0.2) is 4.79 Å². The first-order valence-corrected chi connectivity index (χ1v) is 11.0. The standard InChI is InChI=1S/C17H29N5O2S2/c1-5-12(4)25-16-20-19-15(26-16)18-14(23)13-8-10-22(11-9-13)17(24)21(6-2)7-3/h12-13H,5-11H2,1-4H3,(H,18,19,23)/t12-/m1/s1. The monoisotopic (exact) mass is 399 g/mol. The number of rotatable bonds is 7. The fourth-order valence-electron chi connectivity index (χ4n) is 2.80. The number of piperidine rings is 1. The SMILES string of the molecule is CC[C@@H](C)Sc1nnc(NC(=O)C2CCN(C(=O)N(CC)CC)CC2)s1. The first kappa shape index (κ1) is 21.0. The van der Waals surface area contributed by atoms with Crippen LogP contribution in [0.2, 0.25) is 0 Å². The van der Waals surface area contributed by atoms with Crippen molar-refractivity contribution < 1.29 is 9.59 Å². The Balaban J connectivity index is 1.82. The number of urea groups is 1. The molecule has 9 heteroatoms. The van der Waals surface area contributed by atoms with Crippen molar-refractivity contribution in [3.05, 3.63) is 0 Å². The van der Waals surface area contributed by atoms with E-state index in [-0.39, 0.29) is 17.9 Å². The van der Waals surface area contributed by atoms with Gasteiger partial charge >= 0.3 is 6.03 Å². The van der Waals surface area contributed by atoms with E-state index in [0.29, 0.717) is 49.4 Å². The molecular weight excluding hydrogens is 370 g/mol. The molecule has 1 saturated heterocycles. The van der Waals surface area contributed by atoms with E-state index in [1.54, 1.807) is 11.8 Å². The number of nitrogens with zero attached hydrogens (tertiary/aromatic N) is 4. The third-order valence-corrected chi connectivity index (χ3v) is 6.87. The van der Waals surface area contributed by atoms with Crippen LogP contribution in [-0.4, -0.2) is 63.4 Å². The molecule has 0 spiro atoms. The van der Waals surface area contributed by atoms with Crippen molar-refractivity contribution in [2.45, 2.75) is 56.5 Å². The Morgan fingerprint density at radius 1 is 1.27 bits per heavy atom. The number of hydrogen-bond acceptors (Lipinski definition) is 6. The van der Waals surface area contributed by atoms with Crippen LogP contribution in [-0.2, 0) is 4.79 Å². The summed E-state index contributed by atoms with van der Waals surface area (Å²) in [5, 5.41) is 12.1. The molecule has 0 aromatic carbocycles. The van der Waals surface area contributed by atoms with Gasteiger partial charge in [0.2, 0.25) is 11.0 Å². The summed E-state index contributed by atoms with van der Waals surface area (Å²) in [4.78, 5) is 28.5. The molecule has 0 unspecified atom stereocenters. The maximum absolute atomic E-state index is 12.5. The summed E-state index contributed by atoms with van der Waals surface area (Å²) in [5.74, 6) is -0.0958. The van der Waals surface area contributed by atoms with Gasteiger partial charge in [0, 0.05) is 37.3 Å². The second-order valence-electron chi connectivity index (χ2n) is 6.42. The Bertz CT molecular complexity index is 598. The summed E-state index contributed by atoms with van der Waals surface area (Å²) in [5.41, 5.74) is 0. The van der Waals surface area contributed by atoms with Crippen molar-refractivity contribution in [1.82, 2.24) is 20.0 Å². The Kier molecular flexibility index (Phi) is 8.15. The first-order valence-electron chi connectivity index (χ1n) is 9.33. The Morgan fingerprint density at radius 2 is 1.92 bits per heavy atom. The highest BCUT2D eigenvalue weighted by Crippen LogP contribution is 2.30. The minimum Gasteiger partial charge on any atom is -0.325 e. The maximum atomic E-state index is 12.5. The summed E-state index contributed by atoms with van der Waals surface area (Å²) >= 11 is 3.10. The van der Waals surface area contributed by atoms with Crippen LogP contribution in [0.4, 0.5) is 9.93 Å². The van der Waals surface area contributed by atoms with E-state index < -0.39 is 0 Å². The molecule has 26 heavy (non-hydrogen) atoms. The van der Waals surface area contributed by atoms with Gasteiger partial charge < -0.3 is 15.1 Å². The van der Waals surface area contributed by atoms with E-state index in [2.05, 4.69) is 29.4 Å². The van der Waals surface area contributed by atoms with Crippen LogP contribution in [0.1, 0.15) is 47.0 Å². The van der Waals surface area contributed by atoms with Gasteiger partial charge in [-0.1, -0.05) is 36.9 Å². The second-order valence-corrected chi connectivity index (χ2v) is 9.08. The highest BCUT2D eigenvalue weighted by Gasteiger charge is 2.29. The number of amides is 3. The third-order valence-electron chi connectivity index (χ3n) is 4.68. The van der Waals surface area contributed by atoms with Crippen molar-refractivity contribution in [2.24, 2.45) is 5.92 Å². The van der Waals surface area contributed by atoms with Crippen LogP contribution in [0.15, 0.2) is 4.34 Å². The van der Waals surface area contributed by atoms with Gasteiger partial charge in [0.1, 0.15) is 0 Å². The number of carbonyl (C=O) groups excluding carboxylic acids is 2. The Hall–Kier alpha value is -1.35. The number of nitrogens with one attached hydrogen (secondary N) is 1. The quantitative estimate of drug-likeness (QED) is 0.560. The average Bonchev–Trinajstić information content (AvgIpc) is 3.09. The minimum absolute atomic E-state index is 0.0174. The molecule has 1 aliphatic rings. The van der Waals surface area contributed by atoms with Crippen LogP contribution < -0.4 is 5.32 Å². The fourth-order valence-corrected chi connectivity index (χ4v) is 4.80. The molecule has 3 amide bonds. The van der Waals surface area contributed by atoms with E-state index in [1.165, 1.54) is 11.3 Å². The molecule has 1 aromatic heterocycles. The summed E-state index contributed by atoms with van der Waals surface area (Å²) in [6.07, 6.45) is 2.44. The maximum Gasteiger partial charge on any atom is 0.319 e. The summed E-state index contributed by atoms with van der Waals surface area (Å²) in [6, 6.07) is 0.0738. The van der Waals surface area contributed by atoms with Crippen LogP contribution in [0, 0.1) is 5.92 Å². The molecule has 0 saturated carbocycles. The first-order chi connectivity index (χ1) is 12.5. The predicted molar refractivity (Wildman–Crippen MR) is 107 cm³/mol.